The van der Waals surface area contributed by atoms with Gasteiger partial charge in [-0.1, -0.05) is 12.1 Å². The molecular weight excluding hydrogens is 378 g/mol. The predicted octanol–water partition coefficient (Wildman–Crippen LogP) is 1.57. The second-order valence-corrected chi connectivity index (χ2v) is 5.89. The molecule has 3 N–H and O–H groups in total. The quantitative estimate of drug-likeness (QED) is 0.579. The number of anilines is 2. The van der Waals surface area contributed by atoms with Crippen LogP contribution in [0.5, 0.6) is 5.75 Å². The van der Waals surface area contributed by atoms with Gasteiger partial charge in [-0.25, -0.2) is 0 Å². The van der Waals surface area contributed by atoms with Gasteiger partial charge in [0, 0.05) is 23.9 Å². The number of carbonyl (C=O) groups is 4. The lowest BCUT2D eigenvalue weighted by Gasteiger charge is -2.09. The van der Waals surface area contributed by atoms with E-state index >= 15 is 0 Å². The maximum atomic E-state index is 12.0. The summed E-state index contributed by atoms with van der Waals surface area (Å²) in [4.78, 5) is 46.7. The van der Waals surface area contributed by atoms with E-state index in [1.54, 1.807) is 42.5 Å². The lowest BCUT2D eigenvalue weighted by Crippen LogP contribution is -2.32. The highest BCUT2D eigenvalue weighted by Gasteiger charge is 2.12. The molecule has 0 saturated carbocycles. The zero-order valence-electron chi connectivity index (χ0n) is 16.0. The van der Waals surface area contributed by atoms with Crippen LogP contribution in [0, 0.1) is 0 Å². The molecule has 0 aliphatic carbocycles. The third-order valence-corrected chi connectivity index (χ3v) is 3.56. The van der Waals surface area contributed by atoms with Crippen LogP contribution < -0.4 is 20.7 Å². The van der Waals surface area contributed by atoms with Gasteiger partial charge in [-0.05, 0) is 36.4 Å². The van der Waals surface area contributed by atoms with Crippen LogP contribution in [0.2, 0.25) is 0 Å². The molecule has 2 aromatic carbocycles. The highest BCUT2D eigenvalue weighted by atomic mass is 16.5. The molecule has 0 heterocycles. The fourth-order valence-electron chi connectivity index (χ4n) is 2.29. The largest absolute Gasteiger partial charge is 0.497 e. The first-order valence-electron chi connectivity index (χ1n) is 8.63. The number of benzene rings is 2. The lowest BCUT2D eigenvalue weighted by atomic mass is 10.2. The molecular formula is C20H21N3O6. The Hall–Kier alpha value is -3.88. The van der Waals surface area contributed by atoms with Gasteiger partial charge in [0.15, 0.2) is 6.61 Å². The van der Waals surface area contributed by atoms with Gasteiger partial charge in [0.25, 0.3) is 11.8 Å². The molecule has 29 heavy (non-hydrogen) atoms. The number of hydrogen-bond donors (Lipinski definition) is 3. The third kappa shape index (κ3) is 7.33. The van der Waals surface area contributed by atoms with Crippen molar-refractivity contribution in [1.29, 1.82) is 0 Å². The average Bonchev–Trinajstić information content (AvgIpc) is 2.70. The van der Waals surface area contributed by atoms with Crippen LogP contribution in [-0.2, 0) is 19.1 Å². The van der Waals surface area contributed by atoms with E-state index in [0.717, 1.165) is 0 Å². The first-order chi connectivity index (χ1) is 13.9. The molecule has 0 radical (unpaired) electrons. The molecule has 0 unspecified atom stereocenters. The van der Waals surface area contributed by atoms with Crippen LogP contribution in [0.15, 0.2) is 48.5 Å². The normalized spacial score (nSPS) is 9.86. The van der Waals surface area contributed by atoms with Gasteiger partial charge >= 0.3 is 5.97 Å². The Balaban J connectivity index is 1.76. The Kier molecular flexibility index (Phi) is 7.72. The number of esters is 1. The molecule has 2 aromatic rings. The first kappa shape index (κ1) is 21.4. The van der Waals surface area contributed by atoms with Crippen molar-refractivity contribution in [2.24, 2.45) is 0 Å². The Morgan fingerprint density at radius 1 is 0.931 bits per heavy atom. The summed E-state index contributed by atoms with van der Waals surface area (Å²) in [6.45, 7) is 0.470. The van der Waals surface area contributed by atoms with E-state index in [2.05, 4.69) is 16.0 Å². The van der Waals surface area contributed by atoms with Gasteiger partial charge in [-0.15, -0.1) is 0 Å². The van der Waals surface area contributed by atoms with E-state index < -0.39 is 24.4 Å². The highest BCUT2D eigenvalue weighted by Crippen LogP contribution is 2.15. The molecule has 9 heteroatoms. The number of rotatable bonds is 8. The molecule has 0 aliphatic rings. The minimum Gasteiger partial charge on any atom is -0.497 e. The summed E-state index contributed by atoms with van der Waals surface area (Å²) in [5.41, 5.74) is 1.28. The van der Waals surface area contributed by atoms with Crippen LogP contribution >= 0.6 is 0 Å². The standard InChI is InChI=1S/C20H21N3O6/c1-13(24)22-15-6-4-7-16(10-15)23-18(25)12-29-19(26)11-21-20(27)14-5-3-8-17(9-14)28-2/h3-10H,11-12H2,1-2H3,(H,21,27)(H,22,24)(H,23,25). The average molecular weight is 399 g/mol. The van der Waals surface area contributed by atoms with Gasteiger partial charge in [0.05, 0.1) is 7.11 Å². The van der Waals surface area contributed by atoms with E-state index in [1.807, 2.05) is 0 Å². The van der Waals surface area contributed by atoms with Crippen molar-refractivity contribution in [3.05, 3.63) is 54.1 Å². The molecule has 0 bridgehead atoms. The summed E-state index contributed by atoms with van der Waals surface area (Å²) in [7, 11) is 1.48. The van der Waals surface area contributed by atoms with E-state index in [4.69, 9.17) is 9.47 Å². The van der Waals surface area contributed by atoms with Crippen LogP contribution in [0.3, 0.4) is 0 Å². The van der Waals surface area contributed by atoms with Gasteiger partial charge in [0.2, 0.25) is 5.91 Å². The summed E-state index contributed by atoms with van der Waals surface area (Å²) in [5, 5.41) is 7.55. The molecule has 0 atom stereocenters. The Labute approximate surface area is 167 Å². The Morgan fingerprint density at radius 2 is 1.62 bits per heavy atom. The number of hydrogen-bond acceptors (Lipinski definition) is 6. The van der Waals surface area contributed by atoms with Gasteiger partial charge in [0.1, 0.15) is 12.3 Å². The van der Waals surface area contributed by atoms with Crippen molar-refractivity contribution >= 4 is 35.1 Å². The first-order valence-corrected chi connectivity index (χ1v) is 8.63. The number of amides is 3. The maximum Gasteiger partial charge on any atom is 0.325 e. The smallest absolute Gasteiger partial charge is 0.325 e. The van der Waals surface area contributed by atoms with Gasteiger partial charge in [-0.2, -0.15) is 0 Å². The summed E-state index contributed by atoms with van der Waals surface area (Å²) < 4.78 is 9.88. The SMILES string of the molecule is COc1cccc(C(=O)NCC(=O)OCC(=O)Nc2cccc(NC(C)=O)c2)c1. The monoisotopic (exact) mass is 399 g/mol. The molecule has 3 amide bonds. The minimum absolute atomic E-state index is 0.238. The number of nitrogens with one attached hydrogen (secondary N) is 3. The summed E-state index contributed by atoms with van der Waals surface area (Å²) in [6, 6.07) is 13.0. The van der Waals surface area contributed by atoms with Crippen molar-refractivity contribution < 1.29 is 28.7 Å². The fourth-order valence-corrected chi connectivity index (χ4v) is 2.29. The highest BCUT2D eigenvalue weighted by molar-refractivity contribution is 5.97. The van der Waals surface area contributed by atoms with Crippen LogP contribution in [0.4, 0.5) is 11.4 Å². The molecule has 9 nitrogen and oxygen atoms in total. The third-order valence-electron chi connectivity index (χ3n) is 3.56. The second-order valence-electron chi connectivity index (χ2n) is 5.89. The van der Waals surface area contributed by atoms with E-state index in [1.165, 1.54) is 20.1 Å². The van der Waals surface area contributed by atoms with Crippen LogP contribution in [0.1, 0.15) is 17.3 Å². The van der Waals surface area contributed by atoms with Crippen molar-refractivity contribution in [2.45, 2.75) is 6.92 Å². The number of methoxy groups -OCH3 is 1. The number of carbonyl (C=O) groups excluding carboxylic acids is 4. The van der Waals surface area contributed by atoms with Crippen LogP contribution in [-0.4, -0.2) is 44.0 Å². The van der Waals surface area contributed by atoms with Crippen molar-refractivity contribution in [2.75, 3.05) is 30.9 Å². The minimum atomic E-state index is -0.761. The summed E-state index contributed by atoms with van der Waals surface area (Å²) >= 11 is 0. The molecule has 152 valence electrons. The molecule has 0 fully saturated rings. The lowest BCUT2D eigenvalue weighted by molar-refractivity contribution is -0.146. The molecule has 0 saturated heterocycles. The second kappa shape index (κ2) is 10.5. The predicted molar refractivity (Wildman–Crippen MR) is 106 cm³/mol. The molecule has 0 aliphatic heterocycles. The zero-order chi connectivity index (χ0) is 21.2. The number of ether oxygens (including phenoxy) is 2. The fraction of sp³-hybridized carbons (Fsp3) is 0.200. The van der Waals surface area contributed by atoms with Crippen molar-refractivity contribution in [1.82, 2.24) is 5.32 Å². The van der Waals surface area contributed by atoms with E-state index in [0.29, 0.717) is 22.7 Å². The molecule has 0 spiro atoms. The molecule has 0 aromatic heterocycles. The van der Waals surface area contributed by atoms with Gasteiger partial charge in [-0.3, -0.25) is 19.2 Å². The van der Waals surface area contributed by atoms with Gasteiger partial charge < -0.3 is 25.4 Å². The van der Waals surface area contributed by atoms with Crippen molar-refractivity contribution in [3.63, 3.8) is 0 Å². The van der Waals surface area contributed by atoms with E-state index in [9.17, 15) is 19.2 Å². The Bertz CT molecular complexity index is 913. The van der Waals surface area contributed by atoms with Crippen LogP contribution in [0.25, 0.3) is 0 Å². The zero-order valence-corrected chi connectivity index (χ0v) is 16.0. The van der Waals surface area contributed by atoms with E-state index in [-0.39, 0.29) is 12.5 Å². The topological polar surface area (TPSA) is 123 Å². The Morgan fingerprint density at radius 3 is 2.31 bits per heavy atom. The van der Waals surface area contributed by atoms with Crippen molar-refractivity contribution in [3.8, 4) is 5.75 Å². The molecule has 2 rings (SSSR count). The maximum absolute atomic E-state index is 12.0. The summed E-state index contributed by atoms with van der Waals surface area (Å²) in [6.07, 6.45) is 0. The summed E-state index contributed by atoms with van der Waals surface area (Å²) in [5.74, 6) is -1.52.